The molecule has 5 nitrogen and oxygen atoms in total. The minimum atomic E-state index is -0.0964. The minimum Gasteiger partial charge on any atom is -0.399 e. The van der Waals surface area contributed by atoms with Gasteiger partial charge in [-0.1, -0.05) is 23.9 Å². The number of benzene rings is 1. The molecule has 1 atom stereocenters. The average molecular weight is 316 g/mol. The highest BCUT2D eigenvalue weighted by Crippen LogP contribution is 2.39. The standard InChI is InChI=1S/C16H20N4OS/c1-10-13(15(21)18-2)14(11-4-6-12(17)7-5-11)20-8-3-9-22-16(20)19-10/h4-7,14H,3,8-9,17H2,1-2H3,(H,18,21). The second-order valence-electron chi connectivity index (χ2n) is 5.44. The highest BCUT2D eigenvalue weighted by molar-refractivity contribution is 8.13. The number of amides is 1. The smallest absolute Gasteiger partial charge is 0.251 e. The molecule has 0 spiro atoms. The molecule has 116 valence electrons. The topological polar surface area (TPSA) is 70.7 Å². The van der Waals surface area contributed by atoms with E-state index in [1.807, 2.05) is 31.2 Å². The fourth-order valence-corrected chi connectivity index (χ4v) is 3.94. The molecule has 2 heterocycles. The van der Waals surface area contributed by atoms with E-state index in [0.717, 1.165) is 46.4 Å². The van der Waals surface area contributed by atoms with Gasteiger partial charge in [-0.05, 0) is 31.0 Å². The van der Waals surface area contributed by atoms with Crippen LogP contribution in [0.4, 0.5) is 5.69 Å². The van der Waals surface area contributed by atoms with Crippen molar-refractivity contribution in [3.8, 4) is 0 Å². The van der Waals surface area contributed by atoms with Gasteiger partial charge in [0.05, 0.1) is 17.3 Å². The second kappa shape index (κ2) is 6.04. The highest BCUT2D eigenvalue weighted by atomic mass is 32.2. The normalized spacial score (nSPS) is 21.3. The van der Waals surface area contributed by atoms with E-state index < -0.39 is 0 Å². The largest absolute Gasteiger partial charge is 0.399 e. The minimum absolute atomic E-state index is 0.0716. The summed E-state index contributed by atoms with van der Waals surface area (Å²) in [6.07, 6.45) is 1.09. The number of fused-ring (bicyclic) bond motifs is 1. The molecule has 1 fully saturated rings. The summed E-state index contributed by atoms with van der Waals surface area (Å²) in [6, 6.07) is 7.67. The van der Waals surface area contributed by atoms with E-state index in [0.29, 0.717) is 0 Å². The molecule has 0 aromatic heterocycles. The Balaban J connectivity index is 2.11. The van der Waals surface area contributed by atoms with Gasteiger partial charge in [0.15, 0.2) is 5.17 Å². The number of rotatable bonds is 2. The molecule has 2 aliphatic rings. The first-order valence-corrected chi connectivity index (χ1v) is 8.37. The number of nitrogens with two attached hydrogens (primary N) is 1. The van der Waals surface area contributed by atoms with Crippen LogP contribution in [0.1, 0.15) is 24.9 Å². The van der Waals surface area contributed by atoms with Gasteiger partial charge in [-0.2, -0.15) is 0 Å². The van der Waals surface area contributed by atoms with Crippen LogP contribution in [0.2, 0.25) is 0 Å². The van der Waals surface area contributed by atoms with Crippen LogP contribution < -0.4 is 11.1 Å². The third-order valence-corrected chi connectivity index (χ3v) is 5.06. The van der Waals surface area contributed by atoms with Crippen molar-refractivity contribution in [2.24, 2.45) is 4.99 Å². The molecule has 0 bridgehead atoms. The molecule has 1 amide bonds. The number of carbonyl (C=O) groups is 1. The number of hydrogen-bond donors (Lipinski definition) is 2. The van der Waals surface area contributed by atoms with Crippen molar-refractivity contribution in [3.63, 3.8) is 0 Å². The highest BCUT2D eigenvalue weighted by Gasteiger charge is 2.36. The van der Waals surface area contributed by atoms with E-state index >= 15 is 0 Å². The number of hydrogen-bond acceptors (Lipinski definition) is 5. The van der Waals surface area contributed by atoms with Gasteiger partial charge < -0.3 is 16.0 Å². The summed E-state index contributed by atoms with van der Waals surface area (Å²) in [6.45, 7) is 2.82. The summed E-state index contributed by atoms with van der Waals surface area (Å²) in [5, 5.41) is 3.76. The van der Waals surface area contributed by atoms with Gasteiger partial charge in [-0.15, -0.1) is 0 Å². The van der Waals surface area contributed by atoms with Gasteiger partial charge in [-0.3, -0.25) is 4.79 Å². The molecular formula is C16H20N4OS. The van der Waals surface area contributed by atoms with Gasteiger partial charge in [0, 0.05) is 25.0 Å². The van der Waals surface area contributed by atoms with Crippen molar-refractivity contribution < 1.29 is 4.79 Å². The number of nitrogen functional groups attached to an aromatic ring is 1. The lowest BCUT2D eigenvalue weighted by molar-refractivity contribution is -0.117. The summed E-state index contributed by atoms with van der Waals surface area (Å²) in [4.78, 5) is 19.3. The third-order valence-electron chi connectivity index (χ3n) is 3.98. The predicted octanol–water partition coefficient (Wildman–Crippen LogP) is 2.14. The number of aliphatic imine (C=N–C) groups is 1. The number of thioether (sulfide) groups is 1. The summed E-state index contributed by atoms with van der Waals surface area (Å²) in [5.41, 5.74) is 9.11. The van der Waals surface area contributed by atoms with E-state index in [2.05, 4.69) is 15.2 Å². The molecule has 2 aliphatic heterocycles. The summed E-state index contributed by atoms with van der Waals surface area (Å²) < 4.78 is 0. The van der Waals surface area contributed by atoms with Crippen LogP contribution in [0.15, 0.2) is 40.5 Å². The number of likely N-dealkylation sites (N-methyl/N-ethyl adjacent to an activating group) is 1. The number of carbonyl (C=O) groups excluding carboxylic acids is 1. The summed E-state index contributed by atoms with van der Waals surface area (Å²) in [5.74, 6) is 1.00. The molecular weight excluding hydrogens is 296 g/mol. The van der Waals surface area contributed by atoms with Crippen LogP contribution >= 0.6 is 11.8 Å². The van der Waals surface area contributed by atoms with Crippen LogP contribution in [0.5, 0.6) is 0 Å². The zero-order valence-electron chi connectivity index (χ0n) is 12.8. The van der Waals surface area contributed by atoms with Crippen molar-refractivity contribution in [1.82, 2.24) is 10.2 Å². The summed E-state index contributed by atoms with van der Waals surface area (Å²) in [7, 11) is 1.66. The van der Waals surface area contributed by atoms with E-state index in [9.17, 15) is 4.79 Å². The molecule has 0 radical (unpaired) electrons. The Morgan fingerprint density at radius 1 is 1.41 bits per heavy atom. The maximum atomic E-state index is 12.4. The van der Waals surface area contributed by atoms with E-state index in [1.165, 1.54) is 0 Å². The zero-order valence-corrected chi connectivity index (χ0v) is 13.6. The Hall–Kier alpha value is -1.95. The molecule has 1 unspecified atom stereocenters. The van der Waals surface area contributed by atoms with Gasteiger partial charge >= 0.3 is 0 Å². The molecule has 1 aromatic carbocycles. The molecule has 1 saturated heterocycles. The maximum Gasteiger partial charge on any atom is 0.251 e. The first kappa shape index (κ1) is 15.0. The molecule has 0 saturated carbocycles. The van der Waals surface area contributed by atoms with E-state index in [4.69, 9.17) is 5.73 Å². The van der Waals surface area contributed by atoms with Crippen LogP contribution in [0, 0.1) is 0 Å². The Kier molecular flexibility index (Phi) is 4.11. The lowest BCUT2D eigenvalue weighted by Crippen LogP contribution is -2.43. The van der Waals surface area contributed by atoms with Crippen molar-refractivity contribution in [1.29, 1.82) is 0 Å². The number of allylic oxidation sites excluding steroid dienone is 1. The lowest BCUT2D eigenvalue weighted by atomic mass is 9.93. The SMILES string of the molecule is CNC(=O)C1=C(C)N=C2SCCCN2C1c1ccc(N)cc1. The first-order chi connectivity index (χ1) is 10.6. The van der Waals surface area contributed by atoms with Crippen LogP contribution in [-0.2, 0) is 4.79 Å². The first-order valence-electron chi connectivity index (χ1n) is 7.38. The molecule has 3 rings (SSSR count). The Morgan fingerprint density at radius 2 is 2.14 bits per heavy atom. The maximum absolute atomic E-state index is 12.4. The van der Waals surface area contributed by atoms with Crippen LogP contribution in [0.25, 0.3) is 0 Å². The molecule has 22 heavy (non-hydrogen) atoms. The fraction of sp³-hybridized carbons (Fsp3) is 0.375. The molecule has 6 heteroatoms. The van der Waals surface area contributed by atoms with Crippen molar-refractivity contribution in [2.45, 2.75) is 19.4 Å². The fourth-order valence-electron chi connectivity index (χ4n) is 2.92. The average Bonchev–Trinajstić information content (AvgIpc) is 2.54. The number of nitrogens with one attached hydrogen (secondary N) is 1. The van der Waals surface area contributed by atoms with Crippen molar-refractivity contribution in [2.75, 3.05) is 25.1 Å². The second-order valence-corrected chi connectivity index (χ2v) is 6.50. The van der Waals surface area contributed by atoms with Crippen molar-refractivity contribution >= 4 is 28.5 Å². The van der Waals surface area contributed by atoms with Crippen LogP contribution in [0.3, 0.4) is 0 Å². The molecule has 1 aromatic rings. The number of nitrogens with zero attached hydrogens (tertiary/aromatic N) is 2. The Bertz CT molecular complexity index is 651. The van der Waals surface area contributed by atoms with Crippen LogP contribution in [-0.4, -0.2) is 35.3 Å². The quantitative estimate of drug-likeness (QED) is 0.820. The molecule has 3 N–H and O–H groups in total. The van der Waals surface area contributed by atoms with Gasteiger partial charge in [-0.25, -0.2) is 4.99 Å². The van der Waals surface area contributed by atoms with E-state index in [-0.39, 0.29) is 11.9 Å². The zero-order chi connectivity index (χ0) is 15.7. The lowest BCUT2D eigenvalue weighted by Gasteiger charge is -2.40. The van der Waals surface area contributed by atoms with E-state index in [1.54, 1.807) is 18.8 Å². The monoisotopic (exact) mass is 316 g/mol. The Morgan fingerprint density at radius 3 is 2.82 bits per heavy atom. The predicted molar refractivity (Wildman–Crippen MR) is 91.6 cm³/mol. The van der Waals surface area contributed by atoms with Gasteiger partial charge in [0.2, 0.25) is 0 Å². The third kappa shape index (κ3) is 2.59. The van der Waals surface area contributed by atoms with Crippen molar-refractivity contribution in [3.05, 3.63) is 41.1 Å². The number of anilines is 1. The number of amidine groups is 1. The van der Waals surface area contributed by atoms with Gasteiger partial charge in [0.1, 0.15) is 0 Å². The molecule has 0 aliphatic carbocycles. The van der Waals surface area contributed by atoms with Gasteiger partial charge in [0.25, 0.3) is 5.91 Å². The Labute approximate surface area is 134 Å². The summed E-state index contributed by atoms with van der Waals surface area (Å²) >= 11 is 1.76.